The third-order valence-electron chi connectivity index (χ3n) is 4.82. The maximum absolute atomic E-state index is 12.4. The van der Waals surface area contributed by atoms with Gasteiger partial charge >= 0.3 is 0 Å². The van der Waals surface area contributed by atoms with Gasteiger partial charge in [0.1, 0.15) is 0 Å². The van der Waals surface area contributed by atoms with Gasteiger partial charge in [0.05, 0.1) is 12.0 Å². The van der Waals surface area contributed by atoms with Gasteiger partial charge in [-0.1, -0.05) is 87.3 Å². The highest BCUT2D eigenvalue weighted by Gasteiger charge is 2.17. The lowest BCUT2D eigenvalue weighted by atomic mass is 10.1. The maximum Gasteiger partial charge on any atom is 0.250 e. The quantitative estimate of drug-likeness (QED) is 0.197. The second kappa shape index (κ2) is 10.6. The van der Waals surface area contributed by atoms with E-state index in [2.05, 4.69) is 36.7 Å². The number of carbonyl (C=O) groups excluding carboxylic acids is 1. The molecule has 0 saturated carbocycles. The van der Waals surface area contributed by atoms with Gasteiger partial charge < -0.3 is 0 Å². The standard InChI is InChI=1S/C25H22BrN5OS/c1-17-6-10-20(11-7-17)24-29-30-25(31(24)22-12-8-18(2)9-13-22)33-16-23(32)28-27-15-19-4-3-5-21(26)14-19/h3-15H,16H2,1-2H3,(H,28,32). The van der Waals surface area contributed by atoms with E-state index in [1.165, 1.54) is 22.9 Å². The van der Waals surface area contributed by atoms with Gasteiger partial charge in [0.15, 0.2) is 11.0 Å². The summed E-state index contributed by atoms with van der Waals surface area (Å²) < 4.78 is 2.93. The summed E-state index contributed by atoms with van der Waals surface area (Å²) in [5.74, 6) is 0.671. The Hall–Kier alpha value is -3.23. The average Bonchev–Trinajstić information content (AvgIpc) is 3.23. The number of amides is 1. The summed E-state index contributed by atoms with van der Waals surface area (Å²) in [4.78, 5) is 12.4. The Balaban J connectivity index is 1.51. The molecule has 6 nitrogen and oxygen atoms in total. The van der Waals surface area contributed by atoms with E-state index in [-0.39, 0.29) is 11.7 Å². The van der Waals surface area contributed by atoms with Gasteiger partial charge in [0.25, 0.3) is 5.91 Å². The van der Waals surface area contributed by atoms with Gasteiger partial charge in [-0.15, -0.1) is 10.2 Å². The number of rotatable bonds is 7. The lowest BCUT2D eigenvalue weighted by Gasteiger charge is -2.11. The van der Waals surface area contributed by atoms with Crippen molar-refractivity contribution in [3.63, 3.8) is 0 Å². The molecule has 0 radical (unpaired) electrons. The molecule has 1 heterocycles. The monoisotopic (exact) mass is 519 g/mol. The van der Waals surface area contributed by atoms with Crippen molar-refractivity contribution < 1.29 is 4.79 Å². The molecular weight excluding hydrogens is 498 g/mol. The van der Waals surface area contributed by atoms with E-state index in [9.17, 15) is 4.79 Å². The van der Waals surface area contributed by atoms with Crippen LogP contribution in [0.25, 0.3) is 17.1 Å². The van der Waals surface area contributed by atoms with E-state index in [0.717, 1.165) is 27.1 Å². The fourth-order valence-electron chi connectivity index (χ4n) is 3.11. The van der Waals surface area contributed by atoms with Crippen molar-refractivity contribution in [3.8, 4) is 17.1 Å². The van der Waals surface area contributed by atoms with Crippen molar-refractivity contribution in [2.45, 2.75) is 19.0 Å². The molecule has 1 N–H and O–H groups in total. The highest BCUT2D eigenvalue weighted by atomic mass is 79.9. The van der Waals surface area contributed by atoms with Gasteiger partial charge in [0, 0.05) is 15.7 Å². The molecule has 0 saturated heterocycles. The highest BCUT2D eigenvalue weighted by Crippen LogP contribution is 2.28. The third kappa shape index (κ3) is 5.97. The molecule has 8 heteroatoms. The van der Waals surface area contributed by atoms with E-state index in [1.807, 2.05) is 91.2 Å². The Morgan fingerprint density at radius 3 is 2.42 bits per heavy atom. The van der Waals surface area contributed by atoms with E-state index in [1.54, 1.807) is 6.21 Å². The van der Waals surface area contributed by atoms with Crippen LogP contribution in [0.3, 0.4) is 0 Å². The normalized spacial score (nSPS) is 11.1. The van der Waals surface area contributed by atoms with Crippen LogP contribution in [0.1, 0.15) is 16.7 Å². The summed E-state index contributed by atoms with van der Waals surface area (Å²) in [5, 5.41) is 13.5. The van der Waals surface area contributed by atoms with E-state index in [0.29, 0.717) is 5.16 Å². The minimum Gasteiger partial charge on any atom is -0.272 e. The fraction of sp³-hybridized carbons (Fsp3) is 0.120. The first-order valence-electron chi connectivity index (χ1n) is 10.3. The number of nitrogens with zero attached hydrogens (tertiary/aromatic N) is 4. The van der Waals surface area contributed by atoms with E-state index >= 15 is 0 Å². The smallest absolute Gasteiger partial charge is 0.250 e. The Morgan fingerprint density at radius 2 is 1.73 bits per heavy atom. The van der Waals surface area contributed by atoms with Gasteiger partial charge in [-0.05, 0) is 43.7 Å². The first-order chi connectivity index (χ1) is 16.0. The van der Waals surface area contributed by atoms with Crippen molar-refractivity contribution >= 4 is 39.8 Å². The Labute approximate surface area is 205 Å². The number of halogens is 1. The molecule has 0 bridgehead atoms. The molecule has 33 heavy (non-hydrogen) atoms. The van der Waals surface area contributed by atoms with Crippen LogP contribution in [0.15, 0.2) is 87.5 Å². The molecule has 166 valence electrons. The highest BCUT2D eigenvalue weighted by molar-refractivity contribution is 9.10. The summed E-state index contributed by atoms with van der Waals surface area (Å²) in [5.41, 5.74) is 7.70. The first kappa shape index (κ1) is 22.9. The Morgan fingerprint density at radius 1 is 1.03 bits per heavy atom. The predicted octanol–water partition coefficient (Wildman–Crippen LogP) is 5.56. The van der Waals surface area contributed by atoms with Crippen molar-refractivity contribution in [2.24, 2.45) is 5.10 Å². The van der Waals surface area contributed by atoms with Gasteiger partial charge in [-0.3, -0.25) is 9.36 Å². The zero-order chi connectivity index (χ0) is 23.2. The fourth-order valence-corrected chi connectivity index (χ4v) is 4.27. The van der Waals surface area contributed by atoms with Crippen LogP contribution in [-0.2, 0) is 4.79 Å². The minimum absolute atomic E-state index is 0.160. The van der Waals surface area contributed by atoms with Crippen LogP contribution in [0.2, 0.25) is 0 Å². The molecule has 3 aromatic carbocycles. The number of hydrogen-bond acceptors (Lipinski definition) is 5. The summed E-state index contributed by atoms with van der Waals surface area (Å²) in [7, 11) is 0. The van der Waals surface area contributed by atoms with Crippen LogP contribution in [0.5, 0.6) is 0 Å². The molecular formula is C25H22BrN5OS. The molecule has 1 aromatic heterocycles. The third-order valence-corrected chi connectivity index (χ3v) is 6.24. The maximum atomic E-state index is 12.4. The number of hydrazone groups is 1. The lowest BCUT2D eigenvalue weighted by Crippen LogP contribution is -2.20. The van der Waals surface area contributed by atoms with Crippen LogP contribution in [-0.4, -0.2) is 32.6 Å². The van der Waals surface area contributed by atoms with Crippen LogP contribution in [0, 0.1) is 13.8 Å². The lowest BCUT2D eigenvalue weighted by molar-refractivity contribution is -0.118. The summed E-state index contributed by atoms with van der Waals surface area (Å²) in [6, 6.07) is 24.0. The number of thioether (sulfide) groups is 1. The molecule has 0 fully saturated rings. The average molecular weight is 520 g/mol. The summed E-state index contributed by atoms with van der Waals surface area (Å²) in [6.45, 7) is 4.10. The zero-order valence-corrected chi connectivity index (χ0v) is 20.6. The topological polar surface area (TPSA) is 72.2 Å². The largest absolute Gasteiger partial charge is 0.272 e. The summed E-state index contributed by atoms with van der Waals surface area (Å²) >= 11 is 4.74. The predicted molar refractivity (Wildman–Crippen MR) is 137 cm³/mol. The zero-order valence-electron chi connectivity index (χ0n) is 18.2. The number of aryl methyl sites for hydroxylation is 2. The second-order valence-electron chi connectivity index (χ2n) is 7.48. The molecule has 0 atom stereocenters. The van der Waals surface area contributed by atoms with Crippen LogP contribution in [0.4, 0.5) is 0 Å². The Kier molecular flexibility index (Phi) is 7.36. The molecule has 0 aliphatic carbocycles. The van der Waals surface area contributed by atoms with Gasteiger partial charge in [-0.25, -0.2) is 5.43 Å². The SMILES string of the molecule is Cc1ccc(-c2nnc(SCC(=O)NN=Cc3cccc(Br)c3)n2-c2ccc(C)cc2)cc1. The minimum atomic E-state index is -0.221. The first-order valence-corrected chi connectivity index (χ1v) is 12.1. The Bertz CT molecular complexity index is 1280. The van der Waals surface area contributed by atoms with Gasteiger partial charge in [-0.2, -0.15) is 5.10 Å². The molecule has 1 amide bonds. The number of hydrogen-bond donors (Lipinski definition) is 1. The molecule has 0 aliphatic rings. The number of benzene rings is 3. The molecule has 0 unspecified atom stereocenters. The van der Waals surface area contributed by atoms with Gasteiger partial charge in [0.2, 0.25) is 0 Å². The van der Waals surface area contributed by atoms with Crippen molar-refractivity contribution in [1.82, 2.24) is 20.2 Å². The van der Waals surface area contributed by atoms with Crippen molar-refractivity contribution in [2.75, 3.05) is 5.75 Å². The van der Waals surface area contributed by atoms with E-state index < -0.39 is 0 Å². The molecule has 0 aliphatic heterocycles. The van der Waals surface area contributed by atoms with Crippen LogP contribution >= 0.6 is 27.7 Å². The second-order valence-corrected chi connectivity index (χ2v) is 9.34. The number of carbonyl (C=O) groups is 1. The van der Waals surface area contributed by atoms with Crippen LogP contribution < -0.4 is 5.43 Å². The van der Waals surface area contributed by atoms with Crippen molar-refractivity contribution in [1.29, 1.82) is 0 Å². The molecule has 0 spiro atoms. The van der Waals surface area contributed by atoms with E-state index in [4.69, 9.17) is 0 Å². The molecule has 4 rings (SSSR count). The number of nitrogens with one attached hydrogen (secondary N) is 1. The van der Waals surface area contributed by atoms with Crippen molar-refractivity contribution in [3.05, 3.63) is 94.0 Å². The molecule has 4 aromatic rings. The summed E-state index contributed by atoms with van der Waals surface area (Å²) in [6.07, 6.45) is 1.61. The number of aromatic nitrogens is 3.